The Bertz CT molecular complexity index is 219. The van der Waals surface area contributed by atoms with Gasteiger partial charge in [0.2, 0.25) is 11.8 Å². The van der Waals surface area contributed by atoms with E-state index in [2.05, 4.69) is 0 Å². The number of nitrogens with two attached hydrogens (primary N) is 2. The quantitative estimate of drug-likeness (QED) is 0.654. The van der Waals surface area contributed by atoms with Crippen molar-refractivity contribution in [1.29, 1.82) is 0 Å². The van der Waals surface area contributed by atoms with E-state index in [1.54, 1.807) is 0 Å². The van der Waals surface area contributed by atoms with Crippen molar-refractivity contribution in [3.63, 3.8) is 0 Å². The lowest BCUT2D eigenvalue weighted by molar-refractivity contribution is -0.127. The SMILES string of the molecule is NC(=O)[C@@H]1CCCO1.NC(=O)[C@H]1CCCO1. The van der Waals surface area contributed by atoms with E-state index in [-0.39, 0.29) is 24.0 Å². The van der Waals surface area contributed by atoms with Crippen molar-refractivity contribution in [2.24, 2.45) is 11.5 Å². The second-order valence-corrected chi connectivity index (χ2v) is 3.81. The van der Waals surface area contributed by atoms with E-state index in [0.717, 1.165) is 25.7 Å². The highest BCUT2D eigenvalue weighted by molar-refractivity contribution is 5.79. The molecule has 4 N–H and O–H groups in total. The fraction of sp³-hybridized carbons (Fsp3) is 0.800. The highest BCUT2D eigenvalue weighted by Gasteiger charge is 2.20. The summed E-state index contributed by atoms with van der Waals surface area (Å²) in [6.07, 6.45) is 2.94. The molecular formula is C10H18N2O4. The Kier molecular flexibility index (Phi) is 5.21. The molecule has 0 aromatic heterocycles. The standard InChI is InChI=1S/2C5H9NO2/c2*6-5(7)4-2-1-3-8-4/h2*4H,1-3H2,(H2,6,7)/t2*4-/m10/s1. The third-order valence-electron chi connectivity index (χ3n) is 2.49. The van der Waals surface area contributed by atoms with Crippen molar-refractivity contribution in [2.45, 2.75) is 37.9 Å². The largest absolute Gasteiger partial charge is 0.368 e. The Labute approximate surface area is 94.2 Å². The van der Waals surface area contributed by atoms with Gasteiger partial charge in [0.25, 0.3) is 0 Å². The molecule has 0 bridgehead atoms. The number of carbonyl (C=O) groups is 2. The summed E-state index contributed by atoms with van der Waals surface area (Å²) in [5.41, 5.74) is 9.87. The van der Waals surface area contributed by atoms with Crippen LogP contribution in [0.25, 0.3) is 0 Å². The molecular weight excluding hydrogens is 212 g/mol. The van der Waals surface area contributed by atoms with E-state index < -0.39 is 0 Å². The summed E-state index contributed by atoms with van der Waals surface area (Å²) in [4.78, 5) is 20.6. The van der Waals surface area contributed by atoms with Gasteiger partial charge in [0.05, 0.1) is 0 Å². The van der Waals surface area contributed by atoms with Gasteiger partial charge in [0.15, 0.2) is 0 Å². The molecule has 16 heavy (non-hydrogen) atoms. The van der Waals surface area contributed by atoms with Crippen molar-refractivity contribution >= 4 is 11.8 Å². The Morgan fingerprint density at radius 3 is 1.38 bits per heavy atom. The highest BCUT2D eigenvalue weighted by Crippen LogP contribution is 2.10. The molecule has 2 rings (SSSR count). The zero-order valence-electron chi connectivity index (χ0n) is 9.19. The minimum Gasteiger partial charge on any atom is -0.368 e. The first kappa shape index (κ1) is 12.9. The third kappa shape index (κ3) is 4.16. The van der Waals surface area contributed by atoms with Gasteiger partial charge in [-0.25, -0.2) is 0 Å². The summed E-state index contributed by atoms with van der Waals surface area (Å²) < 4.78 is 9.88. The molecule has 0 aliphatic carbocycles. The van der Waals surface area contributed by atoms with Gasteiger partial charge in [-0.15, -0.1) is 0 Å². The molecule has 0 radical (unpaired) electrons. The lowest BCUT2D eigenvalue weighted by Crippen LogP contribution is -2.27. The van der Waals surface area contributed by atoms with Crippen molar-refractivity contribution in [3.8, 4) is 0 Å². The first-order valence-electron chi connectivity index (χ1n) is 5.43. The molecule has 2 saturated heterocycles. The molecule has 2 fully saturated rings. The lowest BCUT2D eigenvalue weighted by Gasteiger charge is -2.00. The van der Waals surface area contributed by atoms with E-state index in [4.69, 9.17) is 20.9 Å². The molecule has 2 aliphatic heterocycles. The first-order chi connectivity index (χ1) is 7.61. The summed E-state index contributed by atoms with van der Waals surface area (Å²) in [7, 11) is 0. The number of hydrogen-bond acceptors (Lipinski definition) is 4. The van der Waals surface area contributed by atoms with Gasteiger partial charge >= 0.3 is 0 Å². The minimum atomic E-state index is -0.331. The number of carbonyl (C=O) groups excluding carboxylic acids is 2. The van der Waals surface area contributed by atoms with Gasteiger partial charge in [-0.1, -0.05) is 0 Å². The van der Waals surface area contributed by atoms with Crippen LogP contribution in [0, 0.1) is 0 Å². The van der Waals surface area contributed by atoms with Crippen LogP contribution in [-0.4, -0.2) is 37.2 Å². The molecule has 0 unspecified atom stereocenters. The fourth-order valence-electron chi connectivity index (χ4n) is 1.60. The molecule has 0 spiro atoms. The molecule has 2 aliphatic rings. The zero-order valence-corrected chi connectivity index (χ0v) is 9.19. The maximum atomic E-state index is 10.3. The van der Waals surface area contributed by atoms with Gasteiger partial charge in [-0.3, -0.25) is 9.59 Å². The predicted octanol–water partition coefficient (Wildman–Crippen LogP) is -0.699. The van der Waals surface area contributed by atoms with Crippen molar-refractivity contribution in [1.82, 2.24) is 0 Å². The fourth-order valence-corrected chi connectivity index (χ4v) is 1.60. The molecule has 0 aromatic rings. The van der Waals surface area contributed by atoms with Crippen LogP contribution in [0.4, 0.5) is 0 Å². The summed E-state index contributed by atoms with van der Waals surface area (Å²) in [6, 6.07) is 0. The minimum absolute atomic E-state index is 0.296. The van der Waals surface area contributed by atoms with Crippen LogP contribution in [0.1, 0.15) is 25.7 Å². The molecule has 2 atom stereocenters. The topological polar surface area (TPSA) is 105 Å². The maximum Gasteiger partial charge on any atom is 0.246 e. The van der Waals surface area contributed by atoms with E-state index >= 15 is 0 Å². The van der Waals surface area contributed by atoms with Gasteiger partial charge in [-0.05, 0) is 25.7 Å². The van der Waals surface area contributed by atoms with E-state index in [1.807, 2.05) is 0 Å². The highest BCUT2D eigenvalue weighted by atomic mass is 16.5. The maximum absolute atomic E-state index is 10.3. The monoisotopic (exact) mass is 230 g/mol. The van der Waals surface area contributed by atoms with Crippen LogP contribution < -0.4 is 11.5 Å². The molecule has 92 valence electrons. The van der Waals surface area contributed by atoms with E-state index in [0.29, 0.717) is 13.2 Å². The average Bonchev–Trinajstić information content (AvgIpc) is 2.93. The number of hydrogen-bond donors (Lipinski definition) is 2. The van der Waals surface area contributed by atoms with Crippen LogP contribution in [0.2, 0.25) is 0 Å². The van der Waals surface area contributed by atoms with Crippen LogP contribution in [0.15, 0.2) is 0 Å². The van der Waals surface area contributed by atoms with Crippen molar-refractivity contribution in [2.75, 3.05) is 13.2 Å². The molecule has 0 saturated carbocycles. The second kappa shape index (κ2) is 6.44. The summed E-state index contributed by atoms with van der Waals surface area (Å²) in [5.74, 6) is -0.662. The Hall–Kier alpha value is -1.14. The number of ether oxygens (including phenoxy) is 2. The van der Waals surface area contributed by atoms with Crippen molar-refractivity contribution in [3.05, 3.63) is 0 Å². The van der Waals surface area contributed by atoms with Gasteiger partial charge in [0, 0.05) is 13.2 Å². The Morgan fingerprint density at radius 1 is 0.875 bits per heavy atom. The normalized spacial score (nSPS) is 28.2. The summed E-state index contributed by atoms with van der Waals surface area (Å²) in [5, 5.41) is 0. The smallest absolute Gasteiger partial charge is 0.246 e. The van der Waals surface area contributed by atoms with Gasteiger partial charge < -0.3 is 20.9 Å². The zero-order chi connectivity index (χ0) is 12.0. The third-order valence-corrected chi connectivity index (χ3v) is 2.49. The number of rotatable bonds is 2. The molecule has 2 amide bonds. The number of primary amides is 2. The van der Waals surface area contributed by atoms with Crippen LogP contribution in [-0.2, 0) is 19.1 Å². The Balaban J connectivity index is 0.000000160. The van der Waals surface area contributed by atoms with Crippen molar-refractivity contribution < 1.29 is 19.1 Å². The van der Waals surface area contributed by atoms with Gasteiger partial charge in [0.1, 0.15) is 12.2 Å². The lowest BCUT2D eigenvalue weighted by atomic mass is 10.2. The first-order valence-corrected chi connectivity index (χ1v) is 5.43. The predicted molar refractivity (Wildman–Crippen MR) is 56.3 cm³/mol. The Morgan fingerprint density at radius 2 is 1.25 bits per heavy atom. The number of amides is 2. The summed E-state index contributed by atoms with van der Waals surface area (Å²) >= 11 is 0. The second-order valence-electron chi connectivity index (χ2n) is 3.81. The molecule has 2 heterocycles. The van der Waals surface area contributed by atoms with E-state index in [9.17, 15) is 9.59 Å². The van der Waals surface area contributed by atoms with Crippen LogP contribution in [0.5, 0.6) is 0 Å². The summed E-state index contributed by atoms with van der Waals surface area (Å²) in [6.45, 7) is 1.38. The molecule has 6 heteroatoms. The molecule has 6 nitrogen and oxygen atoms in total. The molecule has 0 aromatic carbocycles. The van der Waals surface area contributed by atoms with Gasteiger partial charge in [-0.2, -0.15) is 0 Å². The average molecular weight is 230 g/mol. The van der Waals surface area contributed by atoms with Crippen LogP contribution >= 0.6 is 0 Å². The van der Waals surface area contributed by atoms with Crippen LogP contribution in [0.3, 0.4) is 0 Å². The van der Waals surface area contributed by atoms with E-state index in [1.165, 1.54) is 0 Å².